The van der Waals surface area contributed by atoms with Crippen LogP contribution in [0.5, 0.6) is 11.5 Å². The SMILES string of the molecule is COc1ccccc1OC(C)c1nnc(SC(C)C(=O)Nc2nccs2)n1C. The molecule has 0 aliphatic carbocycles. The number of hydrogen-bond donors (Lipinski definition) is 1. The van der Waals surface area contributed by atoms with Gasteiger partial charge in [-0.3, -0.25) is 4.79 Å². The molecule has 3 aromatic rings. The molecular weight excluding hydrogens is 398 g/mol. The average molecular weight is 420 g/mol. The number of carbonyl (C=O) groups is 1. The molecule has 2 unspecified atom stereocenters. The van der Waals surface area contributed by atoms with Crippen molar-refractivity contribution < 1.29 is 14.3 Å². The summed E-state index contributed by atoms with van der Waals surface area (Å²) < 4.78 is 13.1. The molecule has 10 heteroatoms. The van der Waals surface area contributed by atoms with Gasteiger partial charge in [-0.25, -0.2) is 4.98 Å². The third-order valence-corrected chi connectivity index (χ3v) is 5.74. The quantitative estimate of drug-likeness (QED) is 0.558. The van der Waals surface area contributed by atoms with Gasteiger partial charge in [0, 0.05) is 18.6 Å². The van der Waals surface area contributed by atoms with E-state index >= 15 is 0 Å². The number of benzene rings is 1. The second-order valence-electron chi connectivity index (χ2n) is 5.90. The van der Waals surface area contributed by atoms with Crippen molar-refractivity contribution in [1.29, 1.82) is 0 Å². The van der Waals surface area contributed by atoms with Gasteiger partial charge in [0.05, 0.1) is 12.4 Å². The highest BCUT2D eigenvalue weighted by Crippen LogP contribution is 2.31. The number of anilines is 1. The topological polar surface area (TPSA) is 91.2 Å². The van der Waals surface area contributed by atoms with Crippen LogP contribution < -0.4 is 14.8 Å². The van der Waals surface area contributed by atoms with Crippen molar-refractivity contribution in [2.24, 2.45) is 7.05 Å². The molecular formula is C18H21N5O3S2. The Morgan fingerprint density at radius 3 is 2.68 bits per heavy atom. The summed E-state index contributed by atoms with van der Waals surface area (Å²) in [5.74, 6) is 1.80. The number of nitrogens with zero attached hydrogens (tertiary/aromatic N) is 4. The van der Waals surface area contributed by atoms with Gasteiger partial charge in [0.1, 0.15) is 0 Å². The summed E-state index contributed by atoms with van der Waals surface area (Å²) in [5, 5.41) is 13.9. The van der Waals surface area contributed by atoms with Gasteiger partial charge in [0.2, 0.25) is 5.91 Å². The van der Waals surface area contributed by atoms with Gasteiger partial charge in [-0.1, -0.05) is 23.9 Å². The zero-order chi connectivity index (χ0) is 20.1. The Hall–Kier alpha value is -2.59. The molecule has 3 rings (SSSR count). The van der Waals surface area contributed by atoms with Crippen LogP contribution in [0.3, 0.4) is 0 Å². The molecule has 2 atom stereocenters. The normalized spacial score (nSPS) is 13.0. The standard InChI is InChI=1S/C18H21N5O3S2/c1-11(26-14-8-6-5-7-13(14)25-4)15-21-22-18(23(15)3)28-12(2)16(24)20-17-19-9-10-27-17/h5-12H,1-4H3,(H,19,20,24). The van der Waals surface area contributed by atoms with Crippen LogP contribution in [0.1, 0.15) is 25.8 Å². The number of thioether (sulfide) groups is 1. The van der Waals surface area contributed by atoms with Crippen molar-refractivity contribution in [3.63, 3.8) is 0 Å². The molecule has 1 aromatic carbocycles. The zero-order valence-electron chi connectivity index (χ0n) is 15.9. The smallest absolute Gasteiger partial charge is 0.239 e. The molecule has 0 fully saturated rings. The molecule has 0 aliphatic heterocycles. The van der Waals surface area contributed by atoms with Gasteiger partial charge in [0.25, 0.3) is 0 Å². The summed E-state index contributed by atoms with van der Waals surface area (Å²) in [5.41, 5.74) is 0. The first-order valence-corrected chi connectivity index (χ1v) is 10.3. The van der Waals surface area contributed by atoms with E-state index in [0.717, 1.165) is 0 Å². The minimum absolute atomic E-state index is 0.136. The third-order valence-electron chi connectivity index (χ3n) is 3.92. The van der Waals surface area contributed by atoms with E-state index in [1.54, 1.807) is 13.3 Å². The van der Waals surface area contributed by atoms with E-state index in [0.29, 0.717) is 27.6 Å². The minimum atomic E-state index is -0.356. The number of rotatable bonds is 8. The van der Waals surface area contributed by atoms with Crippen LogP contribution in [-0.4, -0.2) is 38.0 Å². The second kappa shape index (κ2) is 9.07. The Balaban J connectivity index is 1.66. The molecule has 0 spiro atoms. The first kappa shape index (κ1) is 20.2. The summed E-state index contributed by atoms with van der Waals surface area (Å²) in [6, 6.07) is 7.44. The van der Waals surface area contributed by atoms with Crippen molar-refractivity contribution in [2.45, 2.75) is 30.4 Å². The van der Waals surface area contributed by atoms with Crippen molar-refractivity contribution in [3.05, 3.63) is 41.7 Å². The summed E-state index contributed by atoms with van der Waals surface area (Å²) in [4.78, 5) is 16.4. The number of carbonyl (C=O) groups excluding carboxylic acids is 1. The molecule has 8 nitrogen and oxygen atoms in total. The maximum atomic E-state index is 12.3. The predicted octanol–water partition coefficient (Wildman–Crippen LogP) is 3.54. The van der Waals surface area contributed by atoms with Crippen molar-refractivity contribution in [1.82, 2.24) is 19.7 Å². The summed E-state index contributed by atoms with van der Waals surface area (Å²) in [6.45, 7) is 3.71. The number of methoxy groups -OCH3 is 1. The Morgan fingerprint density at radius 1 is 1.25 bits per heavy atom. The maximum absolute atomic E-state index is 12.3. The Bertz CT molecular complexity index is 929. The number of amides is 1. The first-order valence-electron chi connectivity index (χ1n) is 8.55. The van der Waals surface area contributed by atoms with Gasteiger partial charge in [-0.2, -0.15) is 0 Å². The number of thiazole rings is 1. The van der Waals surface area contributed by atoms with Crippen LogP contribution in [0.15, 0.2) is 41.0 Å². The van der Waals surface area contributed by atoms with Gasteiger partial charge in [0.15, 0.2) is 33.7 Å². The fraction of sp³-hybridized carbons (Fsp3) is 0.333. The number of hydrogen-bond acceptors (Lipinski definition) is 8. The highest BCUT2D eigenvalue weighted by atomic mass is 32.2. The molecule has 0 saturated heterocycles. The number of nitrogens with one attached hydrogen (secondary N) is 1. The van der Waals surface area contributed by atoms with E-state index in [4.69, 9.17) is 9.47 Å². The molecule has 0 aliphatic rings. The lowest BCUT2D eigenvalue weighted by molar-refractivity contribution is -0.115. The molecule has 2 heterocycles. The summed E-state index contributed by atoms with van der Waals surface area (Å²) >= 11 is 2.70. The predicted molar refractivity (Wildman–Crippen MR) is 109 cm³/mol. The Labute approximate surface area is 171 Å². The molecule has 1 N–H and O–H groups in total. The van der Waals surface area contributed by atoms with Gasteiger partial charge in [-0.15, -0.1) is 21.5 Å². The lowest BCUT2D eigenvalue weighted by atomic mass is 10.3. The number of ether oxygens (including phenoxy) is 2. The van der Waals surface area contributed by atoms with Crippen LogP contribution in [0.2, 0.25) is 0 Å². The molecule has 0 saturated carbocycles. The minimum Gasteiger partial charge on any atom is -0.493 e. The molecule has 28 heavy (non-hydrogen) atoms. The molecule has 1 amide bonds. The van der Waals surface area contributed by atoms with Crippen LogP contribution in [-0.2, 0) is 11.8 Å². The highest BCUT2D eigenvalue weighted by molar-refractivity contribution is 8.00. The van der Waals surface area contributed by atoms with Crippen LogP contribution in [0.4, 0.5) is 5.13 Å². The van der Waals surface area contributed by atoms with Crippen molar-refractivity contribution in [3.8, 4) is 11.5 Å². The van der Waals surface area contributed by atoms with Crippen molar-refractivity contribution in [2.75, 3.05) is 12.4 Å². The lowest BCUT2D eigenvalue weighted by Crippen LogP contribution is -2.22. The van der Waals surface area contributed by atoms with Crippen LogP contribution in [0.25, 0.3) is 0 Å². The molecule has 0 bridgehead atoms. The van der Waals surface area contributed by atoms with Gasteiger partial charge < -0.3 is 19.4 Å². The molecule has 2 aromatic heterocycles. The highest BCUT2D eigenvalue weighted by Gasteiger charge is 2.22. The second-order valence-corrected chi connectivity index (χ2v) is 8.10. The number of para-hydroxylation sites is 2. The summed E-state index contributed by atoms with van der Waals surface area (Å²) in [7, 11) is 3.45. The number of aromatic nitrogens is 4. The third kappa shape index (κ3) is 4.63. The maximum Gasteiger partial charge on any atom is 0.239 e. The average Bonchev–Trinajstić information content (AvgIpc) is 3.32. The largest absolute Gasteiger partial charge is 0.493 e. The van der Waals surface area contributed by atoms with E-state index in [-0.39, 0.29) is 17.3 Å². The van der Waals surface area contributed by atoms with Crippen LogP contribution >= 0.6 is 23.1 Å². The first-order chi connectivity index (χ1) is 13.5. The molecule has 0 radical (unpaired) electrons. The van der Waals surface area contributed by atoms with E-state index < -0.39 is 0 Å². The van der Waals surface area contributed by atoms with E-state index in [1.807, 2.05) is 55.1 Å². The van der Waals surface area contributed by atoms with E-state index in [9.17, 15) is 4.79 Å². The van der Waals surface area contributed by atoms with Crippen LogP contribution in [0, 0.1) is 0 Å². The molecule has 148 valence electrons. The summed E-state index contributed by atoms with van der Waals surface area (Å²) in [6.07, 6.45) is 1.30. The van der Waals surface area contributed by atoms with Crippen molar-refractivity contribution >= 4 is 34.1 Å². The Kier molecular flexibility index (Phi) is 6.53. The zero-order valence-corrected chi connectivity index (χ0v) is 17.6. The van der Waals surface area contributed by atoms with Gasteiger partial charge >= 0.3 is 0 Å². The fourth-order valence-electron chi connectivity index (χ4n) is 2.45. The fourth-order valence-corrected chi connectivity index (χ4v) is 3.80. The van der Waals surface area contributed by atoms with Gasteiger partial charge in [-0.05, 0) is 26.0 Å². The van der Waals surface area contributed by atoms with E-state index in [1.165, 1.54) is 23.1 Å². The monoisotopic (exact) mass is 419 g/mol. The lowest BCUT2D eigenvalue weighted by Gasteiger charge is -2.16. The van der Waals surface area contributed by atoms with E-state index in [2.05, 4.69) is 20.5 Å². The Morgan fingerprint density at radius 2 is 2.00 bits per heavy atom.